The molecule has 0 spiro atoms. The molecular formula is C19H15N3O2. The summed E-state index contributed by atoms with van der Waals surface area (Å²) in [6.07, 6.45) is 7.04. The van der Waals surface area contributed by atoms with Crippen molar-refractivity contribution in [1.82, 2.24) is 14.5 Å². The molecule has 4 rings (SSSR count). The molecule has 0 bridgehead atoms. The van der Waals surface area contributed by atoms with E-state index in [1.165, 1.54) is 0 Å². The van der Waals surface area contributed by atoms with Gasteiger partial charge >= 0.3 is 5.97 Å². The molecule has 0 saturated heterocycles. The van der Waals surface area contributed by atoms with E-state index in [4.69, 9.17) is 0 Å². The Morgan fingerprint density at radius 1 is 1.21 bits per heavy atom. The second kappa shape index (κ2) is 5.38. The van der Waals surface area contributed by atoms with Crippen LogP contribution < -0.4 is 0 Å². The molecule has 0 aliphatic rings. The van der Waals surface area contributed by atoms with Gasteiger partial charge in [0, 0.05) is 53.1 Å². The lowest BCUT2D eigenvalue weighted by Gasteiger charge is -2.01. The average Bonchev–Trinajstić information content (AvgIpc) is 3.14. The van der Waals surface area contributed by atoms with E-state index in [0.29, 0.717) is 5.56 Å². The van der Waals surface area contributed by atoms with Crippen molar-refractivity contribution in [2.75, 3.05) is 0 Å². The summed E-state index contributed by atoms with van der Waals surface area (Å²) in [5, 5.41) is 11.6. The highest BCUT2D eigenvalue weighted by molar-refractivity contribution is 6.24. The van der Waals surface area contributed by atoms with Gasteiger partial charge in [-0.3, -0.25) is 0 Å². The molecule has 3 heterocycles. The Bertz CT molecular complexity index is 1100. The number of hydrogen-bond acceptors (Lipinski definition) is 2. The van der Waals surface area contributed by atoms with Gasteiger partial charge in [-0.2, -0.15) is 0 Å². The molecule has 0 aliphatic heterocycles. The van der Waals surface area contributed by atoms with Gasteiger partial charge in [-0.05, 0) is 24.3 Å². The van der Waals surface area contributed by atoms with E-state index in [0.717, 1.165) is 27.5 Å². The van der Waals surface area contributed by atoms with Gasteiger partial charge in [0.15, 0.2) is 0 Å². The quantitative estimate of drug-likeness (QED) is 0.566. The number of carbonyl (C=O) groups is 1. The van der Waals surface area contributed by atoms with E-state index in [1.54, 1.807) is 18.5 Å². The van der Waals surface area contributed by atoms with Crippen LogP contribution in [0.15, 0.2) is 55.0 Å². The molecule has 0 fully saturated rings. The van der Waals surface area contributed by atoms with E-state index in [-0.39, 0.29) is 5.57 Å². The normalized spacial score (nSPS) is 12.1. The molecule has 5 heteroatoms. The molecule has 5 nitrogen and oxygen atoms in total. The first-order valence-corrected chi connectivity index (χ1v) is 7.56. The number of aliphatic carboxylic acids is 1. The van der Waals surface area contributed by atoms with Crippen molar-refractivity contribution in [1.29, 1.82) is 0 Å². The number of rotatable bonds is 3. The number of pyridine rings is 1. The first-order valence-electron chi connectivity index (χ1n) is 7.56. The first-order chi connectivity index (χ1) is 11.6. The Morgan fingerprint density at radius 3 is 2.83 bits per heavy atom. The highest BCUT2D eigenvalue weighted by Crippen LogP contribution is 2.29. The standard InChI is InChI=1S/C19H15N3O2/c1-22-11-16(14-5-2-3-7-17(14)22)15(19(23)24)9-12-10-21-18-13(12)6-4-8-20-18/h2-11H,1H3,(H,20,21)(H,23,24). The number of para-hydroxylation sites is 1. The lowest BCUT2D eigenvalue weighted by Crippen LogP contribution is -1.99. The van der Waals surface area contributed by atoms with Gasteiger partial charge in [-0.25, -0.2) is 9.78 Å². The number of aromatic amines is 1. The smallest absolute Gasteiger partial charge is 0.336 e. The molecule has 0 saturated carbocycles. The zero-order valence-corrected chi connectivity index (χ0v) is 13.0. The third-order valence-corrected chi connectivity index (χ3v) is 4.20. The minimum atomic E-state index is -0.954. The molecule has 0 aliphatic carbocycles. The van der Waals surface area contributed by atoms with E-state index >= 15 is 0 Å². The zero-order valence-electron chi connectivity index (χ0n) is 13.0. The fourth-order valence-electron chi connectivity index (χ4n) is 3.06. The van der Waals surface area contributed by atoms with Gasteiger partial charge in [0.05, 0.1) is 5.57 Å². The summed E-state index contributed by atoms with van der Waals surface area (Å²) in [5.41, 5.74) is 3.52. The number of hydrogen-bond donors (Lipinski definition) is 2. The summed E-state index contributed by atoms with van der Waals surface area (Å²) in [7, 11) is 1.92. The summed E-state index contributed by atoms with van der Waals surface area (Å²) in [6.45, 7) is 0. The minimum absolute atomic E-state index is 0.261. The number of aromatic nitrogens is 3. The van der Waals surface area contributed by atoms with Gasteiger partial charge in [-0.1, -0.05) is 18.2 Å². The average molecular weight is 317 g/mol. The Labute approximate surface area is 137 Å². The largest absolute Gasteiger partial charge is 0.478 e. The number of carboxylic acid groups (broad SMARTS) is 1. The van der Waals surface area contributed by atoms with Crippen molar-refractivity contribution in [3.63, 3.8) is 0 Å². The minimum Gasteiger partial charge on any atom is -0.478 e. The molecule has 0 amide bonds. The van der Waals surface area contributed by atoms with Crippen LogP contribution in [0, 0.1) is 0 Å². The first kappa shape index (κ1) is 14.3. The Kier molecular flexibility index (Phi) is 3.20. The molecule has 2 N–H and O–H groups in total. The van der Waals surface area contributed by atoms with E-state index < -0.39 is 5.97 Å². The maximum atomic E-state index is 11.9. The van der Waals surface area contributed by atoms with Crippen LogP contribution >= 0.6 is 0 Å². The number of nitrogens with one attached hydrogen (secondary N) is 1. The molecule has 1 aromatic carbocycles. The van der Waals surface area contributed by atoms with E-state index in [9.17, 15) is 9.90 Å². The van der Waals surface area contributed by atoms with Gasteiger partial charge in [0.2, 0.25) is 0 Å². The Balaban J connectivity index is 1.96. The topological polar surface area (TPSA) is 70.9 Å². The van der Waals surface area contributed by atoms with Crippen molar-refractivity contribution < 1.29 is 9.90 Å². The monoisotopic (exact) mass is 317 g/mol. The van der Waals surface area contributed by atoms with E-state index in [1.807, 2.05) is 54.2 Å². The summed E-state index contributed by atoms with van der Waals surface area (Å²) < 4.78 is 1.94. The van der Waals surface area contributed by atoms with Crippen molar-refractivity contribution in [2.45, 2.75) is 0 Å². The highest BCUT2D eigenvalue weighted by atomic mass is 16.4. The highest BCUT2D eigenvalue weighted by Gasteiger charge is 2.17. The molecule has 0 unspecified atom stereocenters. The number of fused-ring (bicyclic) bond motifs is 2. The summed E-state index contributed by atoms with van der Waals surface area (Å²) in [4.78, 5) is 19.2. The van der Waals surface area contributed by atoms with E-state index in [2.05, 4.69) is 9.97 Å². The predicted molar refractivity (Wildman–Crippen MR) is 94.5 cm³/mol. The van der Waals surface area contributed by atoms with Gasteiger partial charge in [0.25, 0.3) is 0 Å². The molecule has 0 radical (unpaired) electrons. The van der Waals surface area contributed by atoms with Crippen molar-refractivity contribution >= 4 is 39.6 Å². The molecule has 0 atom stereocenters. The third-order valence-electron chi connectivity index (χ3n) is 4.20. The Hall–Kier alpha value is -3.34. The van der Waals surface area contributed by atoms with Crippen molar-refractivity contribution in [3.8, 4) is 0 Å². The summed E-state index contributed by atoms with van der Waals surface area (Å²) in [5.74, 6) is -0.954. The molecule has 118 valence electrons. The van der Waals surface area contributed by atoms with Crippen LogP contribution in [0.25, 0.3) is 33.6 Å². The number of nitrogens with zero attached hydrogens (tertiary/aromatic N) is 2. The number of H-pyrrole nitrogens is 1. The predicted octanol–water partition coefficient (Wildman–Crippen LogP) is 3.68. The van der Waals surface area contributed by atoms with Crippen LogP contribution in [-0.2, 0) is 11.8 Å². The fourth-order valence-corrected chi connectivity index (χ4v) is 3.06. The zero-order chi connectivity index (χ0) is 16.7. The molecule has 3 aromatic heterocycles. The number of carboxylic acids is 1. The number of aryl methyl sites for hydroxylation is 1. The van der Waals surface area contributed by atoms with Crippen LogP contribution in [0.2, 0.25) is 0 Å². The lowest BCUT2D eigenvalue weighted by atomic mass is 10.0. The van der Waals surface area contributed by atoms with Gasteiger partial charge < -0.3 is 14.7 Å². The second-order valence-electron chi connectivity index (χ2n) is 5.68. The maximum Gasteiger partial charge on any atom is 0.336 e. The fraction of sp³-hybridized carbons (Fsp3) is 0.0526. The Morgan fingerprint density at radius 2 is 2.00 bits per heavy atom. The van der Waals surface area contributed by atoms with Gasteiger partial charge in [-0.15, -0.1) is 0 Å². The van der Waals surface area contributed by atoms with Crippen LogP contribution in [0.5, 0.6) is 0 Å². The third kappa shape index (κ3) is 2.18. The summed E-state index contributed by atoms with van der Waals surface area (Å²) in [6, 6.07) is 11.5. The lowest BCUT2D eigenvalue weighted by molar-refractivity contribution is -0.130. The summed E-state index contributed by atoms with van der Waals surface area (Å²) >= 11 is 0. The van der Waals surface area contributed by atoms with Gasteiger partial charge in [0.1, 0.15) is 5.65 Å². The molecule has 24 heavy (non-hydrogen) atoms. The molecular weight excluding hydrogens is 302 g/mol. The maximum absolute atomic E-state index is 11.9. The van der Waals surface area contributed by atoms with Crippen LogP contribution in [0.3, 0.4) is 0 Å². The van der Waals surface area contributed by atoms with Crippen LogP contribution in [0.1, 0.15) is 11.1 Å². The van der Waals surface area contributed by atoms with Crippen molar-refractivity contribution in [2.24, 2.45) is 7.05 Å². The SMILES string of the molecule is Cn1cc(C(=Cc2c[nH]c3ncccc23)C(=O)O)c2ccccc21. The molecule has 4 aromatic rings. The number of benzene rings is 1. The van der Waals surface area contributed by atoms with Crippen LogP contribution in [-0.4, -0.2) is 25.6 Å². The van der Waals surface area contributed by atoms with Crippen LogP contribution in [0.4, 0.5) is 0 Å². The second-order valence-corrected chi connectivity index (χ2v) is 5.68. The van der Waals surface area contributed by atoms with Crippen molar-refractivity contribution in [3.05, 3.63) is 66.1 Å².